The lowest BCUT2D eigenvalue weighted by Crippen LogP contribution is -2.68. The van der Waals surface area contributed by atoms with Crippen LogP contribution in [0.2, 0.25) is 0 Å². The minimum Gasteiger partial charge on any atom is -0.460 e. The molecule has 10 atom stereocenters. The van der Waals surface area contributed by atoms with E-state index in [1.807, 2.05) is 30.3 Å². The molecule has 0 aromatic heterocycles. The third-order valence-electron chi connectivity index (χ3n) is 20.0. The van der Waals surface area contributed by atoms with E-state index in [0.29, 0.717) is 81.0 Å². The first kappa shape index (κ1) is 45.3. The van der Waals surface area contributed by atoms with E-state index in [-0.39, 0.29) is 39.1 Å². The van der Waals surface area contributed by atoms with Gasteiger partial charge in [-0.25, -0.2) is 12.8 Å². The van der Waals surface area contributed by atoms with E-state index in [9.17, 15) is 22.7 Å². The predicted octanol–water partition coefficient (Wildman–Crippen LogP) is 11.4. The molecule has 0 heterocycles. The second-order valence-electron chi connectivity index (χ2n) is 23.2. The molecule has 1 aromatic rings. The molecule has 8 heteroatoms. The maximum absolute atomic E-state index is 14.8. The second-order valence-corrected chi connectivity index (χ2v) is 25.6. The van der Waals surface area contributed by atoms with Crippen molar-refractivity contribution < 1.29 is 27.4 Å². The van der Waals surface area contributed by atoms with Crippen LogP contribution in [0.4, 0.5) is 4.39 Å². The molecule has 0 saturated heterocycles. The van der Waals surface area contributed by atoms with Gasteiger partial charge in [-0.3, -0.25) is 4.79 Å². The van der Waals surface area contributed by atoms with Gasteiger partial charge >= 0.3 is 5.97 Å². The molecule has 0 spiro atoms. The van der Waals surface area contributed by atoms with Gasteiger partial charge in [0.15, 0.2) is 0 Å². The highest BCUT2D eigenvalue weighted by Crippen LogP contribution is 2.76. The van der Waals surface area contributed by atoms with Gasteiger partial charge in [-0.1, -0.05) is 89.3 Å². The number of carbonyl (C=O) groups excluding carboxylic acids is 1. The summed E-state index contributed by atoms with van der Waals surface area (Å²) in [5.74, 6) is 2.39. The number of fused-ring (bicyclic) bond motifs is 7. The van der Waals surface area contributed by atoms with Crippen molar-refractivity contribution in [3.05, 3.63) is 71.3 Å². The summed E-state index contributed by atoms with van der Waals surface area (Å²) in [6, 6.07) is 9.65. The number of sulfone groups is 1. The van der Waals surface area contributed by atoms with Gasteiger partial charge in [0.25, 0.3) is 0 Å². The summed E-state index contributed by atoms with van der Waals surface area (Å²) < 4.78 is 45.0. The fourth-order valence-corrected chi connectivity index (χ4v) is 17.4. The molecule has 2 N–H and O–H groups in total. The molecule has 7 aliphatic rings. The van der Waals surface area contributed by atoms with Gasteiger partial charge in [-0.2, -0.15) is 0 Å². The first-order chi connectivity index (χ1) is 28.7. The molecule has 5 saturated carbocycles. The van der Waals surface area contributed by atoms with E-state index < -0.39 is 33.5 Å². The van der Waals surface area contributed by atoms with E-state index in [2.05, 4.69) is 65.6 Å². The first-order valence-electron chi connectivity index (χ1n) is 24.2. The Morgan fingerprint density at radius 2 is 1.59 bits per heavy atom. The number of rotatable bonds is 11. The fourth-order valence-electron chi connectivity index (χ4n) is 16.3. The summed E-state index contributed by atoms with van der Waals surface area (Å²) in [7, 11) is -3.07. The number of benzene rings is 1. The molecule has 8 rings (SSSR count). The molecule has 0 unspecified atom stereocenters. The van der Waals surface area contributed by atoms with Crippen molar-refractivity contribution in [2.45, 2.75) is 174 Å². The summed E-state index contributed by atoms with van der Waals surface area (Å²) in [6.07, 6.45) is 21.3. The van der Waals surface area contributed by atoms with Crippen LogP contribution in [-0.4, -0.2) is 55.4 Å². The highest BCUT2D eigenvalue weighted by Gasteiger charge is 2.70. The molecule has 5 fully saturated rings. The summed E-state index contributed by atoms with van der Waals surface area (Å²) in [6.45, 7) is 20.1. The van der Waals surface area contributed by atoms with Crippen LogP contribution < -0.4 is 5.32 Å². The predicted molar refractivity (Wildman–Crippen MR) is 244 cm³/mol. The average molecular weight is 860 g/mol. The lowest BCUT2D eigenvalue weighted by atomic mass is 9.33. The Balaban J connectivity index is 0.987. The molecular formula is C53H78FNO5S. The Morgan fingerprint density at radius 1 is 0.869 bits per heavy atom. The van der Waals surface area contributed by atoms with E-state index in [0.717, 1.165) is 31.4 Å². The Hall–Kier alpha value is -2.29. The van der Waals surface area contributed by atoms with Gasteiger partial charge in [-0.05, 0) is 191 Å². The van der Waals surface area contributed by atoms with E-state index in [1.165, 1.54) is 61.5 Å². The van der Waals surface area contributed by atoms with Gasteiger partial charge < -0.3 is 15.2 Å². The second kappa shape index (κ2) is 16.0. The van der Waals surface area contributed by atoms with Crippen molar-refractivity contribution in [3.8, 4) is 0 Å². The standard InChI is InChI=1S/C53H78FNO5S/c1-36(2)40-20-29-53(55-33-32-52(57)27-18-39(19-28-52)61(8,58)59)31-30-49(6)42(45(40)53)14-15-44-48(5)23-21-41(47(3,4)43(48)22-24-50(44,49)7)38-16-25-51(35-54,26-17-38)46(56)60-34-37-12-10-9-11-13-37/h9-13,16,21,39-40,42-45,55,57H,1,14-15,17-20,22-35H2,2-8H3/t39-,40-,42+,43-,44+,45+,48-,49+,50+,51-,52+,53-/m0/s1. The zero-order valence-electron chi connectivity index (χ0n) is 38.7. The minimum atomic E-state index is -3.07. The lowest BCUT2D eigenvalue weighted by Gasteiger charge is -2.72. The van der Waals surface area contributed by atoms with E-state index in [4.69, 9.17) is 4.74 Å². The third-order valence-corrected chi connectivity index (χ3v) is 21.7. The minimum absolute atomic E-state index is 0.0301. The highest BCUT2D eigenvalue weighted by molar-refractivity contribution is 7.91. The number of carbonyl (C=O) groups is 1. The maximum Gasteiger partial charge on any atom is 0.315 e. The van der Waals surface area contributed by atoms with Gasteiger partial charge in [0.05, 0.1) is 16.3 Å². The third kappa shape index (κ3) is 7.48. The number of ether oxygens (including phenoxy) is 1. The summed E-state index contributed by atoms with van der Waals surface area (Å²) >= 11 is 0. The Morgan fingerprint density at radius 3 is 2.23 bits per heavy atom. The van der Waals surface area contributed by atoms with Gasteiger partial charge in [0, 0.05) is 11.8 Å². The van der Waals surface area contributed by atoms with Crippen molar-refractivity contribution in [2.75, 3.05) is 19.5 Å². The van der Waals surface area contributed by atoms with Crippen LogP contribution in [0.3, 0.4) is 0 Å². The van der Waals surface area contributed by atoms with Gasteiger partial charge in [-0.15, -0.1) is 0 Å². The molecule has 7 aliphatic carbocycles. The number of hydrogen-bond acceptors (Lipinski definition) is 6. The first-order valence-corrected chi connectivity index (χ1v) is 26.1. The zero-order valence-corrected chi connectivity index (χ0v) is 39.5. The molecule has 0 aliphatic heterocycles. The molecule has 0 radical (unpaired) electrons. The van der Waals surface area contributed by atoms with Crippen molar-refractivity contribution in [1.82, 2.24) is 5.32 Å². The largest absolute Gasteiger partial charge is 0.460 e. The van der Waals surface area contributed by atoms with Crippen LogP contribution in [0, 0.1) is 56.7 Å². The average Bonchev–Trinajstić information content (AvgIpc) is 3.60. The summed E-state index contributed by atoms with van der Waals surface area (Å²) in [4.78, 5) is 13.4. The SMILES string of the molecule is C=C(C)[C@@H]1CC[C@]2(NCC[C@]3(O)CC[C@@H](S(C)(=O)=O)CC3)CC[C@]3(C)[C@H](CC[C@@H]4[C@@]5(C)CC=C(C6=CC[C@](CF)(C(=O)OCc7ccccc7)CC6)C(C)(C)[C@@H]5CC[C@]43C)[C@@H]12. The van der Waals surface area contributed by atoms with Crippen molar-refractivity contribution in [1.29, 1.82) is 0 Å². The van der Waals surface area contributed by atoms with E-state index in [1.54, 1.807) is 0 Å². The quantitative estimate of drug-likeness (QED) is 0.170. The molecule has 1 aromatic carbocycles. The summed E-state index contributed by atoms with van der Waals surface area (Å²) in [5.41, 5.74) is 3.72. The molecule has 338 valence electrons. The van der Waals surface area contributed by atoms with Crippen LogP contribution in [0.1, 0.15) is 156 Å². The van der Waals surface area contributed by atoms with Crippen molar-refractivity contribution in [3.63, 3.8) is 0 Å². The van der Waals surface area contributed by atoms with Crippen LogP contribution >= 0.6 is 0 Å². The number of nitrogens with one attached hydrogen (secondary N) is 1. The van der Waals surface area contributed by atoms with Crippen molar-refractivity contribution >= 4 is 15.8 Å². The Kier molecular flexibility index (Phi) is 11.9. The van der Waals surface area contributed by atoms with Crippen LogP contribution in [0.25, 0.3) is 0 Å². The number of halogens is 1. The van der Waals surface area contributed by atoms with E-state index >= 15 is 0 Å². The Labute approximate surface area is 368 Å². The Bertz CT molecular complexity index is 2020. The molecule has 6 nitrogen and oxygen atoms in total. The summed E-state index contributed by atoms with van der Waals surface area (Å²) in [5, 5.41) is 15.5. The zero-order chi connectivity index (χ0) is 43.9. The van der Waals surface area contributed by atoms with Crippen LogP contribution in [0.5, 0.6) is 0 Å². The number of hydrogen-bond donors (Lipinski definition) is 2. The highest BCUT2D eigenvalue weighted by atomic mass is 32.2. The van der Waals surface area contributed by atoms with Crippen LogP contribution in [-0.2, 0) is 26.0 Å². The number of esters is 1. The molecule has 61 heavy (non-hydrogen) atoms. The fraction of sp³-hybridized carbons (Fsp3) is 0.755. The lowest BCUT2D eigenvalue weighted by molar-refractivity contribution is -0.221. The molecular weight excluding hydrogens is 782 g/mol. The number of alkyl halides is 1. The monoisotopic (exact) mass is 860 g/mol. The topological polar surface area (TPSA) is 92.7 Å². The maximum atomic E-state index is 14.8. The molecule has 0 bridgehead atoms. The van der Waals surface area contributed by atoms with Gasteiger partial charge in [0.1, 0.15) is 23.1 Å². The normalized spacial score (nSPS) is 43.1. The van der Waals surface area contributed by atoms with Crippen molar-refractivity contribution in [2.24, 2.45) is 56.7 Å². The molecule has 0 amide bonds. The van der Waals surface area contributed by atoms with Crippen LogP contribution in [0.15, 0.2) is 65.8 Å². The smallest absolute Gasteiger partial charge is 0.315 e. The number of aliphatic hydroxyl groups is 1. The number of allylic oxidation sites excluding steroid dienone is 5. The van der Waals surface area contributed by atoms with Gasteiger partial charge in [0.2, 0.25) is 0 Å².